The molecule has 1 saturated heterocycles. The zero-order valence-corrected chi connectivity index (χ0v) is 11.0. The molecule has 1 aliphatic heterocycles. The maximum atomic E-state index is 6.36. The van der Waals surface area contributed by atoms with Gasteiger partial charge in [-0.15, -0.1) is 11.6 Å². The van der Waals surface area contributed by atoms with Crippen LogP contribution in [-0.4, -0.2) is 18.1 Å². The number of alkyl halides is 1. The van der Waals surface area contributed by atoms with Crippen LogP contribution in [0.1, 0.15) is 30.5 Å². The van der Waals surface area contributed by atoms with Crippen molar-refractivity contribution in [2.45, 2.75) is 32.1 Å². The van der Waals surface area contributed by atoms with E-state index >= 15 is 0 Å². The van der Waals surface area contributed by atoms with Gasteiger partial charge in [-0.25, -0.2) is 0 Å². The van der Waals surface area contributed by atoms with E-state index in [4.69, 9.17) is 23.2 Å². The highest BCUT2D eigenvalue weighted by molar-refractivity contribution is 6.34. The Morgan fingerprint density at radius 3 is 2.62 bits per heavy atom. The van der Waals surface area contributed by atoms with Crippen molar-refractivity contribution in [1.29, 1.82) is 0 Å². The van der Waals surface area contributed by atoms with E-state index < -0.39 is 0 Å². The van der Waals surface area contributed by atoms with Gasteiger partial charge in [0.05, 0.1) is 22.3 Å². The van der Waals surface area contributed by atoms with E-state index in [1.54, 1.807) is 0 Å². The lowest BCUT2D eigenvalue weighted by atomic mass is 10.1. The Morgan fingerprint density at radius 2 is 2.00 bits per heavy atom. The van der Waals surface area contributed by atoms with Crippen molar-refractivity contribution < 1.29 is 0 Å². The minimum atomic E-state index is 0.375. The third kappa shape index (κ3) is 2.28. The molecule has 1 aromatic heterocycles. The van der Waals surface area contributed by atoms with Gasteiger partial charge in [-0.05, 0) is 31.7 Å². The van der Waals surface area contributed by atoms with Gasteiger partial charge in [0.25, 0.3) is 0 Å². The molecule has 0 aliphatic carbocycles. The minimum Gasteiger partial charge on any atom is -0.370 e. The van der Waals surface area contributed by atoms with Gasteiger partial charge in [0.1, 0.15) is 0 Å². The second kappa shape index (κ2) is 5.24. The van der Waals surface area contributed by atoms with Crippen molar-refractivity contribution in [2.75, 3.05) is 18.0 Å². The molecule has 0 spiro atoms. The molecular formula is C12H16Cl2N2. The summed E-state index contributed by atoms with van der Waals surface area (Å²) in [4.78, 5) is 6.62. The van der Waals surface area contributed by atoms with Crippen LogP contribution in [0.3, 0.4) is 0 Å². The molecule has 0 atom stereocenters. The topological polar surface area (TPSA) is 16.1 Å². The Bertz CT molecular complexity index is 374. The van der Waals surface area contributed by atoms with Crippen LogP contribution >= 0.6 is 23.2 Å². The number of piperidine rings is 1. The van der Waals surface area contributed by atoms with E-state index in [0.717, 1.165) is 35.1 Å². The van der Waals surface area contributed by atoms with E-state index in [-0.39, 0.29) is 0 Å². The van der Waals surface area contributed by atoms with E-state index in [9.17, 15) is 0 Å². The number of aromatic nitrogens is 1. The van der Waals surface area contributed by atoms with Crippen LogP contribution in [0.25, 0.3) is 0 Å². The van der Waals surface area contributed by atoms with Crippen molar-refractivity contribution in [1.82, 2.24) is 4.98 Å². The summed E-state index contributed by atoms with van der Waals surface area (Å²) in [5.74, 6) is 0.375. The van der Waals surface area contributed by atoms with Crippen molar-refractivity contribution >= 4 is 28.9 Å². The molecular weight excluding hydrogens is 243 g/mol. The maximum Gasteiger partial charge on any atom is 0.0869 e. The Balaban J connectivity index is 2.37. The molecule has 1 aliphatic rings. The summed E-state index contributed by atoms with van der Waals surface area (Å²) in [5.41, 5.74) is 3.06. The number of nitrogens with zero attached hydrogens (tertiary/aromatic N) is 2. The molecule has 4 heteroatoms. The monoisotopic (exact) mass is 258 g/mol. The molecule has 2 heterocycles. The molecule has 0 amide bonds. The molecule has 1 fully saturated rings. The van der Waals surface area contributed by atoms with Crippen molar-refractivity contribution in [3.8, 4) is 0 Å². The number of hydrogen-bond donors (Lipinski definition) is 0. The first-order chi connectivity index (χ1) is 7.74. The Kier molecular flexibility index (Phi) is 3.93. The van der Waals surface area contributed by atoms with Gasteiger partial charge >= 0.3 is 0 Å². The summed E-state index contributed by atoms with van der Waals surface area (Å²) in [5, 5.41) is 0.733. The average molecular weight is 259 g/mol. The van der Waals surface area contributed by atoms with Crippen LogP contribution in [0.15, 0.2) is 6.20 Å². The van der Waals surface area contributed by atoms with Crippen LogP contribution in [0.2, 0.25) is 5.02 Å². The fourth-order valence-electron chi connectivity index (χ4n) is 2.20. The Hall–Kier alpha value is -0.470. The summed E-state index contributed by atoms with van der Waals surface area (Å²) in [7, 11) is 0. The second-order valence-electron chi connectivity index (χ2n) is 4.23. The Labute approximate surface area is 107 Å². The highest BCUT2D eigenvalue weighted by Crippen LogP contribution is 2.33. The van der Waals surface area contributed by atoms with Gasteiger partial charge in [-0.2, -0.15) is 0 Å². The van der Waals surface area contributed by atoms with Gasteiger partial charge in [0.15, 0.2) is 0 Å². The number of rotatable bonds is 2. The zero-order chi connectivity index (χ0) is 11.5. The molecule has 88 valence electrons. The molecule has 16 heavy (non-hydrogen) atoms. The van der Waals surface area contributed by atoms with Gasteiger partial charge in [-0.1, -0.05) is 11.6 Å². The molecule has 0 bridgehead atoms. The zero-order valence-electron chi connectivity index (χ0n) is 9.47. The SMILES string of the molecule is Cc1cnc(CCl)c(Cl)c1N1CCCCC1. The standard InChI is InChI=1S/C12H16Cl2N2/c1-9-8-15-10(7-13)11(14)12(9)16-5-3-2-4-6-16/h8H,2-7H2,1H3. The van der Waals surface area contributed by atoms with E-state index in [0.29, 0.717) is 5.88 Å². The van der Waals surface area contributed by atoms with Crippen molar-refractivity contribution in [3.05, 3.63) is 22.5 Å². The maximum absolute atomic E-state index is 6.36. The fourth-order valence-corrected chi connectivity index (χ4v) is 2.86. The fraction of sp³-hybridized carbons (Fsp3) is 0.583. The summed E-state index contributed by atoms with van der Waals surface area (Å²) in [6.45, 7) is 4.24. The lowest BCUT2D eigenvalue weighted by Crippen LogP contribution is -2.30. The molecule has 0 saturated carbocycles. The van der Waals surface area contributed by atoms with Crippen LogP contribution in [0.5, 0.6) is 0 Å². The predicted octanol–water partition coefficient (Wildman–Crippen LogP) is 3.77. The van der Waals surface area contributed by atoms with Crippen molar-refractivity contribution in [3.63, 3.8) is 0 Å². The summed E-state index contributed by atoms with van der Waals surface area (Å²) in [6, 6.07) is 0. The molecule has 0 radical (unpaired) electrons. The molecule has 0 unspecified atom stereocenters. The summed E-state index contributed by atoms with van der Waals surface area (Å²) >= 11 is 12.2. The van der Waals surface area contributed by atoms with E-state index in [1.165, 1.54) is 19.3 Å². The molecule has 0 aromatic carbocycles. The smallest absolute Gasteiger partial charge is 0.0869 e. The molecule has 2 nitrogen and oxygen atoms in total. The van der Waals surface area contributed by atoms with Crippen LogP contribution in [0.4, 0.5) is 5.69 Å². The first-order valence-electron chi connectivity index (χ1n) is 5.69. The van der Waals surface area contributed by atoms with Gasteiger partial charge < -0.3 is 4.90 Å². The van der Waals surface area contributed by atoms with E-state index in [1.807, 2.05) is 6.20 Å². The average Bonchev–Trinajstić information content (AvgIpc) is 2.31. The number of anilines is 1. The van der Waals surface area contributed by atoms with Crippen molar-refractivity contribution in [2.24, 2.45) is 0 Å². The molecule has 0 N–H and O–H groups in total. The molecule has 1 aromatic rings. The minimum absolute atomic E-state index is 0.375. The quantitative estimate of drug-likeness (QED) is 0.751. The normalized spacial score (nSPS) is 16.6. The summed E-state index contributed by atoms with van der Waals surface area (Å²) in [6.07, 6.45) is 5.68. The number of pyridine rings is 1. The highest BCUT2D eigenvalue weighted by Gasteiger charge is 2.18. The third-order valence-electron chi connectivity index (χ3n) is 3.05. The van der Waals surface area contributed by atoms with Gasteiger partial charge in [0.2, 0.25) is 0 Å². The lowest BCUT2D eigenvalue weighted by Gasteiger charge is -2.31. The summed E-state index contributed by atoms with van der Waals surface area (Å²) < 4.78 is 0. The number of halogens is 2. The first-order valence-corrected chi connectivity index (χ1v) is 6.60. The predicted molar refractivity (Wildman–Crippen MR) is 69.6 cm³/mol. The largest absolute Gasteiger partial charge is 0.370 e. The third-order valence-corrected chi connectivity index (χ3v) is 3.70. The molecule has 2 rings (SSSR count). The van der Waals surface area contributed by atoms with Gasteiger partial charge in [0, 0.05) is 19.3 Å². The van der Waals surface area contributed by atoms with Gasteiger partial charge in [-0.3, -0.25) is 4.98 Å². The number of hydrogen-bond acceptors (Lipinski definition) is 2. The van der Waals surface area contributed by atoms with Crippen LogP contribution in [-0.2, 0) is 5.88 Å². The highest BCUT2D eigenvalue weighted by atomic mass is 35.5. The number of aryl methyl sites for hydroxylation is 1. The van der Waals surface area contributed by atoms with Crippen LogP contribution < -0.4 is 4.90 Å². The van der Waals surface area contributed by atoms with E-state index in [2.05, 4.69) is 16.8 Å². The Morgan fingerprint density at radius 1 is 1.31 bits per heavy atom. The second-order valence-corrected chi connectivity index (χ2v) is 4.88. The van der Waals surface area contributed by atoms with Crippen LogP contribution in [0, 0.1) is 6.92 Å². The lowest BCUT2D eigenvalue weighted by molar-refractivity contribution is 0.576. The first kappa shape index (κ1) is 12.0.